The second-order valence-corrected chi connectivity index (χ2v) is 16.7. The Kier molecular flexibility index (Phi) is 10.0. The molecule has 0 bridgehead atoms. The minimum Gasteiger partial charge on any atom is -0.474 e. The molecule has 3 unspecified atom stereocenters. The van der Waals surface area contributed by atoms with Gasteiger partial charge in [0.1, 0.15) is 5.75 Å². The standard InChI is InChI=1S/C57H50N4O/c1-2-3-38-58-53(37-34-50-49-26-16-17-27-56(49)62-57(50)58)41-28-30-46(31-29-41)61-54-35-32-47(59(42-18-8-4-9-19-42)43-20-10-5-11-21-43)39-51(54)52-40-48(33-36-55(52)61)60(44-22-12-6-13-23-44)45-24-14-7-15-25-45/h4-33,35-36,39-40,50,53,57H,2-3,34,37-38H2,1H3. The maximum atomic E-state index is 6.73. The summed E-state index contributed by atoms with van der Waals surface area (Å²) in [5, 5.41) is 2.40. The lowest BCUT2D eigenvalue weighted by Gasteiger charge is -2.43. The summed E-state index contributed by atoms with van der Waals surface area (Å²) in [6, 6.07) is 75.1. The first-order chi connectivity index (χ1) is 30.7. The highest BCUT2D eigenvalue weighted by atomic mass is 16.5. The van der Waals surface area contributed by atoms with Crippen molar-refractivity contribution in [1.82, 2.24) is 9.47 Å². The third-order valence-electron chi connectivity index (χ3n) is 13.0. The van der Waals surface area contributed by atoms with Crippen LogP contribution in [0.2, 0.25) is 0 Å². The van der Waals surface area contributed by atoms with Gasteiger partial charge in [-0.3, -0.25) is 4.90 Å². The van der Waals surface area contributed by atoms with Crippen molar-refractivity contribution in [1.29, 1.82) is 0 Å². The number of hydrogen-bond acceptors (Lipinski definition) is 4. The van der Waals surface area contributed by atoms with Gasteiger partial charge in [0.25, 0.3) is 0 Å². The largest absolute Gasteiger partial charge is 0.474 e. The SMILES string of the molecule is CCCCN1C(c2ccc(-n3c4ccc(N(c5ccccc5)c5ccccc5)cc4c4cc(N(c5ccccc5)c5ccccc5)ccc43)cc2)CCC2c3ccccc3OC21. The Labute approximate surface area is 364 Å². The van der Waals surface area contributed by atoms with E-state index in [1.165, 1.54) is 32.9 Å². The van der Waals surface area contributed by atoms with E-state index in [0.717, 1.165) is 77.8 Å². The number of unbranched alkanes of at least 4 members (excludes halogenated alkanes) is 1. The molecule has 1 fully saturated rings. The van der Waals surface area contributed by atoms with E-state index in [1.807, 2.05) is 0 Å². The van der Waals surface area contributed by atoms with Gasteiger partial charge in [0.05, 0.1) is 11.0 Å². The molecule has 5 nitrogen and oxygen atoms in total. The Morgan fingerprint density at radius 1 is 0.500 bits per heavy atom. The third kappa shape index (κ3) is 6.79. The van der Waals surface area contributed by atoms with Gasteiger partial charge in [-0.15, -0.1) is 0 Å². The first-order valence-corrected chi connectivity index (χ1v) is 22.2. The van der Waals surface area contributed by atoms with E-state index in [0.29, 0.717) is 12.0 Å². The molecule has 2 aliphatic rings. The van der Waals surface area contributed by atoms with Crippen LogP contribution in [0.3, 0.4) is 0 Å². The Morgan fingerprint density at radius 3 is 1.48 bits per heavy atom. The Morgan fingerprint density at radius 2 is 0.984 bits per heavy atom. The highest BCUT2D eigenvalue weighted by Gasteiger charge is 2.44. The Balaban J connectivity index is 1.05. The molecule has 11 rings (SSSR count). The highest BCUT2D eigenvalue weighted by Crippen LogP contribution is 2.50. The molecule has 0 saturated carbocycles. The molecule has 5 heteroatoms. The number of rotatable bonds is 11. The molecule has 0 radical (unpaired) electrons. The second kappa shape index (κ2) is 16.4. The molecule has 0 N–H and O–H groups in total. The molecule has 2 aliphatic heterocycles. The van der Waals surface area contributed by atoms with Crippen LogP contribution >= 0.6 is 0 Å². The zero-order chi connectivity index (χ0) is 41.4. The Hall–Kier alpha value is -7.08. The van der Waals surface area contributed by atoms with Crippen LogP contribution < -0.4 is 14.5 Å². The predicted molar refractivity (Wildman–Crippen MR) is 257 cm³/mol. The summed E-state index contributed by atoms with van der Waals surface area (Å²) in [6.45, 7) is 3.32. The first-order valence-electron chi connectivity index (χ1n) is 22.2. The van der Waals surface area contributed by atoms with Crippen molar-refractivity contribution in [3.05, 3.63) is 217 Å². The maximum absolute atomic E-state index is 6.73. The fourth-order valence-corrected chi connectivity index (χ4v) is 10.1. The smallest absolute Gasteiger partial charge is 0.160 e. The predicted octanol–water partition coefficient (Wildman–Crippen LogP) is 15.2. The number of fused-ring (bicyclic) bond motifs is 6. The van der Waals surface area contributed by atoms with E-state index in [1.54, 1.807) is 0 Å². The van der Waals surface area contributed by atoms with Crippen molar-refractivity contribution in [2.24, 2.45) is 0 Å². The van der Waals surface area contributed by atoms with E-state index in [4.69, 9.17) is 4.74 Å². The van der Waals surface area contributed by atoms with Crippen molar-refractivity contribution in [2.45, 2.75) is 50.8 Å². The second-order valence-electron chi connectivity index (χ2n) is 16.7. The lowest BCUT2D eigenvalue weighted by molar-refractivity contribution is -0.0388. The summed E-state index contributed by atoms with van der Waals surface area (Å²) in [5.74, 6) is 1.48. The average molecular weight is 807 g/mol. The summed E-state index contributed by atoms with van der Waals surface area (Å²) < 4.78 is 9.19. The van der Waals surface area contributed by atoms with Crippen LogP contribution in [0.4, 0.5) is 34.1 Å². The van der Waals surface area contributed by atoms with Crippen LogP contribution in [0, 0.1) is 0 Å². The van der Waals surface area contributed by atoms with Gasteiger partial charge in [0.2, 0.25) is 0 Å². The molecule has 3 atom stereocenters. The zero-order valence-electron chi connectivity index (χ0n) is 35.1. The van der Waals surface area contributed by atoms with E-state index in [9.17, 15) is 0 Å². The highest BCUT2D eigenvalue weighted by molar-refractivity contribution is 6.12. The van der Waals surface area contributed by atoms with Crippen LogP contribution in [0.1, 0.15) is 55.7 Å². The van der Waals surface area contributed by atoms with Gasteiger partial charge >= 0.3 is 0 Å². The number of hydrogen-bond donors (Lipinski definition) is 0. The quantitative estimate of drug-likeness (QED) is 0.130. The number of ether oxygens (including phenoxy) is 1. The first kappa shape index (κ1) is 37.9. The fraction of sp³-hybridized carbons (Fsp3) is 0.158. The van der Waals surface area contributed by atoms with Gasteiger partial charge in [-0.05, 0) is 128 Å². The van der Waals surface area contributed by atoms with Crippen molar-refractivity contribution < 1.29 is 4.74 Å². The van der Waals surface area contributed by atoms with Crippen LogP contribution in [0.5, 0.6) is 5.75 Å². The van der Waals surface area contributed by atoms with E-state index in [-0.39, 0.29) is 6.23 Å². The minimum absolute atomic E-state index is 0.0794. The summed E-state index contributed by atoms with van der Waals surface area (Å²) in [7, 11) is 0. The zero-order valence-corrected chi connectivity index (χ0v) is 35.1. The van der Waals surface area contributed by atoms with Crippen molar-refractivity contribution in [3.63, 3.8) is 0 Å². The maximum Gasteiger partial charge on any atom is 0.160 e. The van der Waals surface area contributed by atoms with E-state index >= 15 is 0 Å². The number of anilines is 6. The monoisotopic (exact) mass is 806 g/mol. The molecule has 1 aromatic heterocycles. The van der Waals surface area contributed by atoms with Gasteiger partial charge in [-0.1, -0.05) is 116 Å². The minimum atomic E-state index is 0.0794. The number of likely N-dealkylation sites (tertiary alicyclic amines) is 1. The van der Waals surface area contributed by atoms with Crippen LogP contribution in [-0.2, 0) is 0 Å². The summed E-state index contributed by atoms with van der Waals surface area (Å²) >= 11 is 0. The Bertz CT molecular complexity index is 2730. The third-order valence-corrected chi connectivity index (χ3v) is 13.0. The van der Waals surface area contributed by atoms with Gasteiger partial charge in [-0.25, -0.2) is 0 Å². The van der Waals surface area contributed by atoms with E-state index in [2.05, 4.69) is 232 Å². The van der Waals surface area contributed by atoms with Crippen molar-refractivity contribution in [2.75, 3.05) is 16.3 Å². The van der Waals surface area contributed by atoms with Crippen LogP contribution in [-0.4, -0.2) is 22.2 Å². The van der Waals surface area contributed by atoms with Crippen LogP contribution in [0.25, 0.3) is 27.5 Å². The lowest BCUT2D eigenvalue weighted by atomic mass is 9.84. The molecule has 8 aromatic carbocycles. The number of para-hydroxylation sites is 5. The van der Waals surface area contributed by atoms with Crippen LogP contribution in [0.15, 0.2) is 206 Å². The number of benzene rings is 8. The molecule has 0 amide bonds. The molecule has 0 aliphatic carbocycles. The topological polar surface area (TPSA) is 23.9 Å². The normalized spacial score (nSPS) is 17.1. The molecule has 3 heterocycles. The average Bonchev–Trinajstić information content (AvgIpc) is 3.88. The van der Waals surface area contributed by atoms with Crippen molar-refractivity contribution in [3.8, 4) is 11.4 Å². The van der Waals surface area contributed by atoms with Gasteiger partial charge in [-0.2, -0.15) is 0 Å². The summed E-state index contributed by atoms with van der Waals surface area (Å²) in [4.78, 5) is 7.37. The molecule has 62 heavy (non-hydrogen) atoms. The molecule has 9 aromatic rings. The number of aromatic nitrogens is 1. The lowest BCUT2D eigenvalue weighted by Crippen LogP contribution is -2.47. The molecule has 0 spiro atoms. The molecule has 1 saturated heterocycles. The summed E-state index contributed by atoms with van der Waals surface area (Å²) in [5.41, 5.74) is 12.9. The van der Waals surface area contributed by atoms with Gasteiger partial charge in [0, 0.05) is 74.7 Å². The molecular formula is C57H50N4O. The van der Waals surface area contributed by atoms with Gasteiger partial charge in [0.15, 0.2) is 6.23 Å². The fourth-order valence-electron chi connectivity index (χ4n) is 10.1. The number of piperidine rings is 1. The number of nitrogens with zero attached hydrogens (tertiary/aromatic N) is 4. The van der Waals surface area contributed by atoms with Gasteiger partial charge < -0.3 is 19.1 Å². The van der Waals surface area contributed by atoms with Crippen molar-refractivity contribution >= 4 is 55.9 Å². The molecule has 304 valence electrons. The summed E-state index contributed by atoms with van der Waals surface area (Å²) in [6.07, 6.45) is 4.63. The van der Waals surface area contributed by atoms with E-state index < -0.39 is 0 Å². The molecular weight excluding hydrogens is 757 g/mol.